The molecular weight excluding hydrogens is 462 g/mol. The highest BCUT2D eigenvalue weighted by atomic mass is 35.5. The molecule has 6 rings (SSSR count). The molecule has 0 saturated carbocycles. The smallest absolute Gasteiger partial charge is 0.257 e. The lowest BCUT2D eigenvalue weighted by Gasteiger charge is -2.46. The number of aromatic nitrogens is 2. The van der Waals surface area contributed by atoms with Crippen LogP contribution in [0.2, 0.25) is 5.02 Å². The summed E-state index contributed by atoms with van der Waals surface area (Å²) in [5.74, 6) is 0.343. The number of hydrogen-bond acceptors (Lipinski definition) is 4. The number of para-hydroxylation sites is 2. The van der Waals surface area contributed by atoms with Crippen LogP contribution in [0.4, 0.5) is 11.5 Å². The Morgan fingerprint density at radius 2 is 1.94 bits per heavy atom. The Hall–Kier alpha value is -3.84. The third kappa shape index (κ3) is 3.54. The van der Waals surface area contributed by atoms with Crippen molar-refractivity contribution in [2.24, 2.45) is 0 Å². The van der Waals surface area contributed by atoms with E-state index in [0.717, 1.165) is 28.9 Å². The molecule has 2 aliphatic heterocycles. The summed E-state index contributed by atoms with van der Waals surface area (Å²) in [6.45, 7) is 1.14. The van der Waals surface area contributed by atoms with Gasteiger partial charge in [0, 0.05) is 48.7 Å². The summed E-state index contributed by atoms with van der Waals surface area (Å²) in [7, 11) is 2.04. The van der Waals surface area contributed by atoms with E-state index in [1.54, 1.807) is 18.3 Å². The van der Waals surface area contributed by atoms with E-state index in [2.05, 4.69) is 31.9 Å². The Labute approximate surface area is 207 Å². The molecule has 0 radical (unpaired) electrons. The summed E-state index contributed by atoms with van der Waals surface area (Å²) in [6, 6.07) is 19.3. The van der Waals surface area contributed by atoms with Gasteiger partial charge in [0.1, 0.15) is 12.0 Å². The number of nitrogens with one attached hydrogen (secondary N) is 1. The number of pyridine rings is 1. The van der Waals surface area contributed by atoms with Crippen LogP contribution in [0.1, 0.15) is 34.2 Å². The number of benzene rings is 2. The second-order valence-electron chi connectivity index (χ2n) is 8.94. The van der Waals surface area contributed by atoms with Crippen LogP contribution in [-0.2, 0) is 17.8 Å². The maximum atomic E-state index is 13.4. The normalized spacial score (nSPS) is 16.6. The van der Waals surface area contributed by atoms with E-state index in [1.807, 2.05) is 48.3 Å². The molecule has 1 unspecified atom stereocenters. The van der Waals surface area contributed by atoms with E-state index in [0.29, 0.717) is 23.9 Å². The molecule has 2 aliphatic rings. The quantitative estimate of drug-likeness (QED) is 0.448. The Bertz CT molecular complexity index is 1480. The minimum Gasteiger partial charge on any atom is -0.349 e. The fraction of sp³-hybridized carbons (Fsp3) is 0.222. The summed E-state index contributed by atoms with van der Waals surface area (Å²) in [5, 5.41) is 4.53. The average molecular weight is 486 g/mol. The van der Waals surface area contributed by atoms with E-state index < -0.39 is 0 Å². The van der Waals surface area contributed by atoms with Crippen LogP contribution < -0.4 is 10.2 Å². The third-order valence-electron chi connectivity index (χ3n) is 6.96. The molecule has 1 atom stereocenters. The molecule has 4 heterocycles. The first-order valence-electron chi connectivity index (χ1n) is 11.7. The molecule has 2 aromatic carbocycles. The Balaban J connectivity index is 1.39. The molecule has 1 N–H and O–H groups in total. The zero-order valence-electron chi connectivity index (χ0n) is 19.2. The van der Waals surface area contributed by atoms with Crippen LogP contribution in [0.15, 0.2) is 66.9 Å². The molecule has 2 amide bonds. The monoisotopic (exact) mass is 485 g/mol. The lowest BCUT2D eigenvalue weighted by Crippen LogP contribution is -2.51. The number of fused-ring (bicyclic) bond motifs is 6. The number of anilines is 2. The van der Waals surface area contributed by atoms with Crippen molar-refractivity contribution in [2.75, 3.05) is 23.8 Å². The molecule has 4 aromatic rings. The first kappa shape index (κ1) is 21.7. The number of hydrogen-bond donors (Lipinski definition) is 1. The maximum Gasteiger partial charge on any atom is 0.257 e. The zero-order chi connectivity index (χ0) is 24.1. The van der Waals surface area contributed by atoms with Crippen LogP contribution in [0.3, 0.4) is 0 Å². The van der Waals surface area contributed by atoms with Crippen LogP contribution in [0.5, 0.6) is 0 Å². The van der Waals surface area contributed by atoms with Gasteiger partial charge in [-0.3, -0.25) is 9.59 Å². The van der Waals surface area contributed by atoms with E-state index >= 15 is 0 Å². The van der Waals surface area contributed by atoms with E-state index in [9.17, 15) is 9.59 Å². The predicted octanol–water partition coefficient (Wildman–Crippen LogP) is 4.87. The van der Waals surface area contributed by atoms with Crippen LogP contribution >= 0.6 is 11.6 Å². The first-order chi connectivity index (χ1) is 17.0. The maximum absolute atomic E-state index is 13.4. The number of carbonyl (C=O) groups excluding carboxylic acids is 2. The second-order valence-corrected chi connectivity index (χ2v) is 9.38. The lowest BCUT2D eigenvalue weighted by molar-refractivity contribution is -0.116. The second kappa shape index (κ2) is 8.43. The van der Waals surface area contributed by atoms with Crippen molar-refractivity contribution in [1.82, 2.24) is 14.5 Å². The molecule has 35 heavy (non-hydrogen) atoms. The molecule has 176 valence electrons. The minimum atomic E-state index is -0.230. The number of rotatable bonds is 4. The van der Waals surface area contributed by atoms with Crippen molar-refractivity contribution in [3.8, 4) is 0 Å². The molecule has 0 spiro atoms. The van der Waals surface area contributed by atoms with Gasteiger partial charge in [0.15, 0.2) is 0 Å². The topological polar surface area (TPSA) is 70.5 Å². The van der Waals surface area contributed by atoms with Gasteiger partial charge in [-0.1, -0.05) is 41.9 Å². The lowest BCUT2D eigenvalue weighted by atomic mass is 9.96. The largest absolute Gasteiger partial charge is 0.349 e. The fourth-order valence-corrected chi connectivity index (χ4v) is 5.60. The number of carbonyl (C=O) groups is 2. The van der Waals surface area contributed by atoms with Gasteiger partial charge in [-0.25, -0.2) is 4.98 Å². The van der Waals surface area contributed by atoms with Gasteiger partial charge in [-0.05, 0) is 42.3 Å². The minimum absolute atomic E-state index is 0.0518. The molecule has 0 aliphatic carbocycles. The van der Waals surface area contributed by atoms with E-state index in [-0.39, 0.29) is 24.4 Å². The van der Waals surface area contributed by atoms with Gasteiger partial charge in [-0.15, -0.1) is 0 Å². The van der Waals surface area contributed by atoms with Gasteiger partial charge >= 0.3 is 0 Å². The predicted molar refractivity (Wildman–Crippen MR) is 137 cm³/mol. The van der Waals surface area contributed by atoms with Crippen LogP contribution in [0, 0.1) is 0 Å². The number of aryl methyl sites for hydroxylation is 1. The SMILES string of the molecule is CN1c2ccccc2C(=O)N2CCc3c(n(CCC(=O)Nc4cc(Cl)ccn4)c4ccccc34)C21. The van der Waals surface area contributed by atoms with Crippen LogP contribution in [-0.4, -0.2) is 39.9 Å². The van der Waals surface area contributed by atoms with Gasteiger partial charge < -0.3 is 19.7 Å². The van der Waals surface area contributed by atoms with Crippen molar-refractivity contribution in [3.05, 3.63) is 88.7 Å². The van der Waals surface area contributed by atoms with Crippen molar-refractivity contribution in [2.45, 2.75) is 25.6 Å². The highest BCUT2D eigenvalue weighted by molar-refractivity contribution is 6.30. The summed E-state index contributed by atoms with van der Waals surface area (Å²) >= 11 is 6.03. The van der Waals surface area contributed by atoms with Gasteiger partial charge in [0.05, 0.1) is 16.9 Å². The van der Waals surface area contributed by atoms with Gasteiger partial charge in [0.2, 0.25) is 5.91 Å². The van der Waals surface area contributed by atoms with Gasteiger partial charge in [-0.2, -0.15) is 0 Å². The standard InChI is InChI=1S/C27H24ClN5O2/c1-31-21-8-4-3-7-20(21)27(35)33-14-11-19-18-6-2-5-9-22(18)32(25(19)26(31)33)15-12-24(34)30-23-16-17(28)10-13-29-23/h2-10,13,16,26H,11-12,14-15H2,1H3,(H,29,30,34). The summed E-state index contributed by atoms with van der Waals surface area (Å²) in [6.07, 6.45) is 2.38. The van der Waals surface area contributed by atoms with Gasteiger partial charge in [0.25, 0.3) is 5.91 Å². The molecule has 7 nitrogen and oxygen atoms in total. The van der Waals surface area contributed by atoms with Crippen molar-refractivity contribution >= 4 is 45.8 Å². The highest BCUT2D eigenvalue weighted by Crippen LogP contribution is 2.44. The van der Waals surface area contributed by atoms with Crippen molar-refractivity contribution < 1.29 is 9.59 Å². The summed E-state index contributed by atoms with van der Waals surface area (Å²) in [4.78, 5) is 34.5. The molecule has 0 fully saturated rings. The molecule has 2 aromatic heterocycles. The fourth-order valence-electron chi connectivity index (χ4n) is 5.44. The van der Waals surface area contributed by atoms with E-state index in [4.69, 9.17) is 11.6 Å². The van der Waals surface area contributed by atoms with Crippen molar-refractivity contribution in [3.63, 3.8) is 0 Å². The Kier molecular flexibility index (Phi) is 5.22. The molecular formula is C27H24ClN5O2. The van der Waals surface area contributed by atoms with Crippen molar-refractivity contribution in [1.29, 1.82) is 0 Å². The summed E-state index contributed by atoms with van der Waals surface area (Å²) < 4.78 is 2.21. The van der Waals surface area contributed by atoms with Crippen LogP contribution in [0.25, 0.3) is 10.9 Å². The Morgan fingerprint density at radius 3 is 2.80 bits per heavy atom. The third-order valence-corrected chi connectivity index (χ3v) is 7.19. The van der Waals surface area contributed by atoms with E-state index in [1.165, 1.54) is 10.9 Å². The number of amides is 2. The zero-order valence-corrected chi connectivity index (χ0v) is 20.0. The number of halogens is 1. The highest BCUT2D eigenvalue weighted by Gasteiger charge is 2.42. The molecule has 0 saturated heterocycles. The average Bonchev–Trinajstić information content (AvgIpc) is 3.19. The molecule has 8 heteroatoms. The Morgan fingerprint density at radius 1 is 1.14 bits per heavy atom. The molecule has 0 bridgehead atoms. The first-order valence-corrected chi connectivity index (χ1v) is 12.0. The number of nitrogens with zero attached hydrogens (tertiary/aromatic N) is 4. The summed E-state index contributed by atoms with van der Waals surface area (Å²) in [5.41, 5.74) is 5.06.